The molecule has 2 aliphatic heterocycles. The van der Waals surface area contributed by atoms with Crippen molar-refractivity contribution in [3.63, 3.8) is 0 Å². The molecule has 0 atom stereocenters. The third-order valence-corrected chi connectivity index (χ3v) is 4.13. The number of hydrogen-bond donors (Lipinski definition) is 0. The van der Waals surface area contributed by atoms with Crippen molar-refractivity contribution in [1.29, 1.82) is 0 Å². The van der Waals surface area contributed by atoms with E-state index in [9.17, 15) is 14.4 Å². The fourth-order valence-corrected chi connectivity index (χ4v) is 2.87. The van der Waals surface area contributed by atoms with Crippen molar-refractivity contribution in [2.45, 2.75) is 32.5 Å². The van der Waals surface area contributed by atoms with Crippen molar-refractivity contribution in [2.24, 2.45) is 0 Å². The third-order valence-electron chi connectivity index (χ3n) is 4.13. The molecule has 3 rings (SSSR count). The van der Waals surface area contributed by atoms with Gasteiger partial charge in [0.05, 0.1) is 6.54 Å². The highest BCUT2D eigenvalue weighted by Gasteiger charge is 2.39. The van der Waals surface area contributed by atoms with Gasteiger partial charge in [0.15, 0.2) is 0 Å². The lowest BCUT2D eigenvalue weighted by Crippen LogP contribution is -2.41. The average molecular weight is 359 g/mol. The molecule has 1 aromatic carbocycles. The zero-order valence-corrected chi connectivity index (χ0v) is 14.8. The van der Waals surface area contributed by atoms with Gasteiger partial charge in [0.2, 0.25) is 5.91 Å². The molecule has 0 radical (unpaired) electrons. The van der Waals surface area contributed by atoms with Crippen molar-refractivity contribution < 1.29 is 28.6 Å². The number of rotatable bonds is 5. The maximum absolute atomic E-state index is 12.1. The van der Waals surface area contributed by atoms with E-state index in [1.807, 2.05) is 0 Å². The van der Waals surface area contributed by atoms with Crippen molar-refractivity contribution >= 4 is 23.9 Å². The van der Waals surface area contributed by atoms with Crippen LogP contribution < -0.4 is 4.74 Å². The summed E-state index contributed by atoms with van der Waals surface area (Å²) in [5, 5.41) is 0. The predicted molar refractivity (Wildman–Crippen MR) is 92.0 cm³/mol. The van der Waals surface area contributed by atoms with Crippen LogP contribution in [0, 0.1) is 0 Å². The molecular formula is C19H21NO6. The number of likely N-dealkylation sites (tertiary alicyclic amines) is 1. The predicted octanol–water partition coefficient (Wildman–Crippen LogP) is 1.91. The van der Waals surface area contributed by atoms with E-state index in [4.69, 9.17) is 14.2 Å². The number of nitrogens with zero attached hydrogens (tertiary/aromatic N) is 1. The van der Waals surface area contributed by atoms with E-state index >= 15 is 0 Å². The van der Waals surface area contributed by atoms with Gasteiger partial charge in [-0.25, -0.2) is 9.59 Å². The quantitative estimate of drug-likeness (QED) is 0.454. The highest BCUT2D eigenvalue weighted by Crippen LogP contribution is 2.27. The summed E-state index contributed by atoms with van der Waals surface area (Å²) in [7, 11) is 0. The van der Waals surface area contributed by atoms with Crippen molar-refractivity contribution in [1.82, 2.24) is 4.90 Å². The first-order valence-electron chi connectivity index (χ1n) is 8.54. The van der Waals surface area contributed by atoms with Gasteiger partial charge in [0.1, 0.15) is 17.9 Å². The van der Waals surface area contributed by atoms with Crippen LogP contribution in [0.4, 0.5) is 0 Å². The van der Waals surface area contributed by atoms with Gasteiger partial charge in [-0.3, -0.25) is 4.79 Å². The Balaban J connectivity index is 1.71. The van der Waals surface area contributed by atoms with E-state index < -0.39 is 17.7 Å². The largest absolute Gasteiger partial charge is 0.491 e. The van der Waals surface area contributed by atoms with E-state index in [0.29, 0.717) is 30.9 Å². The Bertz CT molecular complexity index is 745. The molecule has 0 spiro atoms. The fraction of sp³-hybridized carbons (Fsp3) is 0.421. The van der Waals surface area contributed by atoms with Crippen LogP contribution in [0.3, 0.4) is 0 Å². The lowest BCUT2D eigenvalue weighted by molar-refractivity contribution is -0.222. The van der Waals surface area contributed by atoms with Gasteiger partial charge < -0.3 is 19.1 Å². The number of benzene rings is 1. The van der Waals surface area contributed by atoms with Gasteiger partial charge in [-0.2, -0.15) is 0 Å². The molecule has 2 aliphatic rings. The topological polar surface area (TPSA) is 82.1 Å². The number of para-hydroxylation sites is 1. The molecule has 1 amide bonds. The lowest BCUT2D eigenvalue weighted by Gasteiger charge is -2.29. The first-order valence-corrected chi connectivity index (χ1v) is 8.54. The summed E-state index contributed by atoms with van der Waals surface area (Å²) < 4.78 is 15.9. The molecule has 0 bridgehead atoms. The first kappa shape index (κ1) is 18.0. The molecule has 0 N–H and O–H groups in total. The molecule has 2 fully saturated rings. The Morgan fingerprint density at radius 2 is 1.85 bits per heavy atom. The summed E-state index contributed by atoms with van der Waals surface area (Å²) >= 11 is 0. The van der Waals surface area contributed by atoms with Crippen molar-refractivity contribution in [3.8, 4) is 5.75 Å². The summed E-state index contributed by atoms with van der Waals surface area (Å²) in [5.41, 5.74) is 0.374. The number of ether oxygens (including phenoxy) is 3. The van der Waals surface area contributed by atoms with Gasteiger partial charge in [-0.05, 0) is 18.6 Å². The number of esters is 2. The number of carbonyl (C=O) groups is 3. The monoisotopic (exact) mass is 359 g/mol. The Kier molecular flexibility index (Phi) is 4.97. The van der Waals surface area contributed by atoms with E-state index in [0.717, 1.165) is 13.0 Å². The van der Waals surface area contributed by atoms with Gasteiger partial charge in [-0.1, -0.05) is 18.2 Å². The van der Waals surface area contributed by atoms with Crippen molar-refractivity contribution in [3.05, 3.63) is 35.4 Å². The molecule has 2 saturated heterocycles. The second-order valence-electron chi connectivity index (χ2n) is 6.61. The molecule has 1 aromatic rings. The maximum Gasteiger partial charge on any atom is 0.348 e. The van der Waals surface area contributed by atoms with Crippen LogP contribution in [0.15, 0.2) is 29.8 Å². The summed E-state index contributed by atoms with van der Waals surface area (Å²) in [4.78, 5) is 37.6. The lowest BCUT2D eigenvalue weighted by atomic mass is 10.1. The molecule has 0 saturated carbocycles. The number of carbonyl (C=O) groups excluding carboxylic acids is 3. The molecule has 0 aliphatic carbocycles. The summed E-state index contributed by atoms with van der Waals surface area (Å²) in [5.74, 6) is -2.09. The van der Waals surface area contributed by atoms with Gasteiger partial charge >= 0.3 is 11.9 Å². The van der Waals surface area contributed by atoms with Gasteiger partial charge in [0, 0.05) is 32.4 Å². The SMILES string of the molecule is CC1(C)OC(=O)C(=Cc2ccccc2OCCN2CCCC2=O)C(=O)O1. The van der Waals surface area contributed by atoms with Gasteiger partial charge in [0.25, 0.3) is 5.79 Å². The highest BCUT2D eigenvalue weighted by molar-refractivity contribution is 6.19. The normalized spacial score (nSPS) is 19.2. The maximum atomic E-state index is 12.1. The molecule has 7 nitrogen and oxygen atoms in total. The Labute approximate surface area is 151 Å². The van der Waals surface area contributed by atoms with Crippen LogP contribution in [0.25, 0.3) is 6.08 Å². The van der Waals surface area contributed by atoms with Crippen LogP contribution in [-0.2, 0) is 23.9 Å². The summed E-state index contributed by atoms with van der Waals surface area (Å²) in [6, 6.07) is 7.02. The fourth-order valence-electron chi connectivity index (χ4n) is 2.87. The van der Waals surface area contributed by atoms with Crippen LogP contribution in [-0.4, -0.2) is 48.2 Å². The number of amides is 1. The van der Waals surface area contributed by atoms with E-state index in [2.05, 4.69) is 0 Å². The van der Waals surface area contributed by atoms with Crippen LogP contribution in [0.5, 0.6) is 5.75 Å². The smallest absolute Gasteiger partial charge is 0.348 e. The minimum absolute atomic E-state index is 0.138. The standard InChI is InChI=1S/C19H21NO6/c1-19(2)25-17(22)14(18(23)26-19)12-13-6-3-4-7-15(13)24-11-10-20-9-5-8-16(20)21/h3-4,6-7,12H,5,8-11H2,1-2H3. The molecule has 138 valence electrons. The zero-order valence-electron chi connectivity index (χ0n) is 14.8. The number of cyclic esters (lactones) is 2. The van der Waals surface area contributed by atoms with Crippen LogP contribution in [0.1, 0.15) is 32.3 Å². The van der Waals surface area contributed by atoms with Crippen LogP contribution >= 0.6 is 0 Å². The zero-order chi connectivity index (χ0) is 18.7. The molecule has 2 heterocycles. The second kappa shape index (κ2) is 7.19. The Morgan fingerprint density at radius 3 is 2.50 bits per heavy atom. The molecule has 26 heavy (non-hydrogen) atoms. The summed E-state index contributed by atoms with van der Waals surface area (Å²) in [6.07, 6.45) is 2.86. The Hall–Kier alpha value is -2.83. The van der Waals surface area contributed by atoms with E-state index in [1.54, 1.807) is 29.2 Å². The number of hydrogen-bond acceptors (Lipinski definition) is 6. The second-order valence-corrected chi connectivity index (χ2v) is 6.61. The molecular weight excluding hydrogens is 338 g/mol. The highest BCUT2D eigenvalue weighted by atomic mass is 16.7. The van der Waals surface area contributed by atoms with E-state index in [-0.39, 0.29) is 11.5 Å². The minimum atomic E-state index is -1.27. The third kappa shape index (κ3) is 4.04. The Morgan fingerprint density at radius 1 is 1.15 bits per heavy atom. The van der Waals surface area contributed by atoms with Crippen LogP contribution in [0.2, 0.25) is 0 Å². The molecule has 0 aromatic heterocycles. The minimum Gasteiger partial charge on any atom is -0.491 e. The average Bonchev–Trinajstić information content (AvgIpc) is 2.96. The first-order chi connectivity index (χ1) is 12.4. The van der Waals surface area contributed by atoms with Crippen molar-refractivity contribution in [2.75, 3.05) is 19.7 Å². The molecule has 0 unspecified atom stereocenters. The molecule has 7 heteroatoms. The summed E-state index contributed by atoms with van der Waals surface area (Å²) in [6.45, 7) is 4.57. The van der Waals surface area contributed by atoms with E-state index in [1.165, 1.54) is 19.9 Å². The van der Waals surface area contributed by atoms with Gasteiger partial charge in [-0.15, -0.1) is 0 Å².